The molecule has 0 spiro atoms. The molecule has 0 aromatic rings. The van der Waals surface area contributed by atoms with Gasteiger partial charge in [0.2, 0.25) is 0 Å². The fourth-order valence-corrected chi connectivity index (χ4v) is 2.42. The molecule has 17 heavy (non-hydrogen) atoms. The third-order valence-electron chi connectivity index (χ3n) is 3.18. The lowest BCUT2D eigenvalue weighted by molar-refractivity contribution is -0.137. The Morgan fingerprint density at radius 2 is 1.71 bits per heavy atom. The predicted molar refractivity (Wildman–Crippen MR) is 72.3 cm³/mol. The van der Waals surface area contributed by atoms with Crippen molar-refractivity contribution in [2.45, 2.75) is 78.3 Å². The van der Waals surface area contributed by atoms with E-state index in [0.717, 1.165) is 13.0 Å². The quantitative estimate of drug-likeness (QED) is 0.638. The normalized spacial score (nSPS) is 11.7. The van der Waals surface area contributed by atoms with Gasteiger partial charge in [0.15, 0.2) is 0 Å². The van der Waals surface area contributed by atoms with Gasteiger partial charge in [-0.25, -0.2) is 0 Å². The summed E-state index contributed by atoms with van der Waals surface area (Å²) in [6.07, 6.45) is 5.89. The Bertz CT molecular complexity index is 198. The molecule has 0 saturated carbocycles. The van der Waals surface area contributed by atoms with Crippen LogP contribution in [-0.4, -0.2) is 34.6 Å². The van der Waals surface area contributed by atoms with Gasteiger partial charge in [-0.05, 0) is 39.7 Å². The summed E-state index contributed by atoms with van der Waals surface area (Å²) in [5.41, 5.74) is 0. The van der Waals surface area contributed by atoms with Crippen molar-refractivity contribution in [2.75, 3.05) is 6.54 Å². The Hall–Kier alpha value is -0.570. The molecule has 0 amide bonds. The molecule has 0 saturated heterocycles. The van der Waals surface area contributed by atoms with Crippen molar-refractivity contribution in [3.8, 4) is 0 Å². The lowest BCUT2D eigenvalue weighted by Gasteiger charge is -2.35. The Morgan fingerprint density at radius 3 is 2.06 bits per heavy atom. The van der Waals surface area contributed by atoms with Crippen LogP contribution in [-0.2, 0) is 4.79 Å². The van der Waals surface area contributed by atoms with Crippen LogP contribution >= 0.6 is 0 Å². The van der Waals surface area contributed by atoms with E-state index in [1.807, 2.05) is 0 Å². The molecule has 3 nitrogen and oxygen atoms in total. The molecule has 0 bridgehead atoms. The van der Waals surface area contributed by atoms with E-state index < -0.39 is 5.97 Å². The number of carboxylic acids is 1. The molecule has 0 aliphatic carbocycles. The first-order valence-corrected chi connectivity index (χ1v) is 7.00. The topological polar surface area (TPSA) is 40.5 Å². The molecule has 0 aromatic heterocycles. The van der Waals surface area contributed by atoms with E-state index in [1.54, 1.807) is 0 Å². The van der Waals surface area contributed by atoms with E-state index in [4.69, 9.17) is 5.11 Å². The lowest BCUT2D eigenvalue weighted by Crippen LogP contribution is -2.41. The first-order valence-electron chi connectivity index (χ1n) is 7.00. The van der Waals surface area contributed by atoms with Gasteiger partial charge < -0.3 is 5.11 Å². The van der Waals surface area contributed by atoms with Gasteiger partial charge >= 0.3 is 5.97 Å². The average molecular weight is 243 g/mol. The minimum Gasteiger partial charge on any atom is -0.481 e. The SMILES string of the molecule is CCCC(CCC)N(CCCC(=O)O)C(C)C. The Balaban J connectivity index is 4.29. The summed E-state index contributed by atoms with van der Waals surface area (Å²) >= 11 is 0. The Morgan fingerprint density at radius 1 is 1.18 bits per heavy atom. The molecule has 0 unspecified atom stereocenters. The molecule has 0 atom stereocenters. The summed E-state index contributed by atoms with van der Waals surface area (Å²) in [7, 11) is 0. The van der Waals surface area contributed by atoms with Gasteiger partial charge in [0.05, 0.1) is 0 Å². The smallest absolute Gasteiger partial charge is 0.303 e. The third-order valence-corrected chi connectivity index (χ3v) is 3.18. The highest BCUT2D eigenvalue weighted by Gasteiger charge is 2.19. The summed E-state index contributed by atoms with van der Waals surface area (Å²) in [5, 5.41) is 8.69. The number of hydrogen-bond donors (Lipinski definition) is 1. The zero-order valence-electron chi connectivity index (χ0n) is 11.9. The molecule has 0 aliphatic heterocycles. The Kier molecular flexibility index (Phi) is 9.14. The highest BCUT2D eigenvalue weighted by Crippen LogP contribution is 2.17. The van der Waals surface area contributed by atoms with Crippen LogP contribution < -0.4 is 0 Å². The summed E-state index contributed by atoms with van der Waals surface area (Å²) in [4.78, 5) is 13.0. The summed E-state index contributed by atoms with van der Waals surface area (Å²) in [6.45, 7) is 9.77. The van der Waals surface area contributed by atoms with Crippen molar-refractivity contribution < 1.29 is 9.90 Å². The number of aliphatic carboxylic acids is 1. The van der Waals surface area contributed by atoms with E-state index in [2.05, 4.69) is 32.6 Å². The van der Waals surface area contributed by atoms with Crippen LogP contribution in [0, 0.1) is 0 Å². The number of rotatable bonds is 10. The molecule has 1 N–H and O–H groups in total. The summed E-state index contributed by atoms with van der Waals surface area (Å²) in [6, 6.07) is 1.13. The highest BCUT2D eigenvalue weighted by atomic mass is 16.4. The van der Waals surface area contributed by atoms with Crippen molar-refractivity contribution in [3.63, 3.8) is 0 Å². The van der Waals surface area contributed by atoms with Gasteiger partial charge in [-0.1, -0.05) is 26.7 Å². The molecular formula is C14H29NO2. The zero-order valence-corrected chi connectivity index (χ0v) is 11.9. The molecule has 102 valence electrons. The minimum absolute atomic E-state index is 0.286. The minimum atomic E-state index is -0.684. The molecule has 3 heteroatoms. The van der Waals surface area contributed by atoms with Crippen LogP contribution in [0.3, 0.4) is 0 Å². The second-order valence-electron chi connectivity index (χ2n) is 5.06. The number of hydrogen-bond acceptors (Lipinski definition) is 2. The Labute approximate surface area is 106 Å². The first kappa shape index (κ1) is 16.4. The van der Waals surface area contributed by atoms with Crippen LogP contribution in [0.15, 0.2) is 0 Å². The van der Waals surface area contributed by atoms with Crippen LogP contribution in [0.25, 0.3) is 0 Å². The standard InChI is InChI=1S/C14H29NO2/c1-5-8-13(9-6-2)15(12(3)4)11-7-10-14(16)17/h12-13H,5-11H2,1-4H3,(H,16,17). The second-order valence-corrected chi connectivity index (χ2v) is 5.06. The second kappa shape index (κ2) is 9.46. The molecule has 0 heterocycles. The van der Waals surface area contributed by atoms with Crippen LogP contribution in [0.4, 0.5) is 0 Å². The van der Waals surface area contributed by atoms with Crippen molar-refractivity contribution >= 4 is 5.97 Å². The monoisotopic (exact) mass is 243 g/mol. The van der Waals surface area contributed by atoms with E-state index in [0.29, 0.717) is 12.1 Å². The maximum absolute atomic E-state index is 10.6. The molecule has 0 fully saturated rings. The predicted octanol–water partition coefficient (Wildman–Crippen LogP) is 3.53. The van der Waals surface area contributed by atoms with Gasteiger partial charge in [-0.15, -0.1) is 0 Å². The first-order chi connectivity index (χ1) is 8.02. The maximum atomic E-state index is 10.6. The summed E-state index contributed by atoms with van der Waals surface area (Å²) < 4.78 is 0. The fraction of sp³-hybridized carbons (Fsp3) is 0.929. The van der Waals surface area contributed by atoms with Gasteiger partial charge in [0.1, 0.15) is 0 Å². The third kappa shape index (κ3) is 7.37. The van der Waals surface area contributed by atoms with Gasteiger partial charge in [-0.2, -0.15) is 0 Å². The van der Waals surface area contributed by atoms with Gasteiger partial charge in [0.25, 0.3) is 0 Å². The van der Waals surface area contributed by atoms with Crippen LogP contribution in [0.2, 0.25) is 0 Å². The van der Waals surface area contributed by atoms with E-state index in [9.17, 15) is 4.79 Å². The molecule has 0 radical (unpaired) electrons. The molecular weight excluding hydrogens is 214 g/mol. The van der Waals surface area contributed by atoms with Crippen molar-refractivity contribution in [1.29, 1.82) is 0 Å². The van der Waals surface area contributed by atoms with Crippen molar-refractivity contribution in [1.82, 2.24) is 4.90 Å². The van der Waals surface area contributed by atoms with E-state index in [-0.39, 0.29) is 6.42 Å². The molecule has 0 aromatic carbocycles. The van der Waals surface area contributed by atoms with Gasteiger partial charge in [0, 0.05) is 18.5 Å². The van der Waals surface area contributed by atoms with Crippen LogP contribution in [0.5, 0.6) is 0 Å². The van der Waals surface area contributed by atoms with Crippen molar-refractivity contribution in [3.05, 3.63) is 0 Å². The fourth-order valence-electron chi connectivity index (χ4n) is 2.42. The molecule has 0 aliphatic rings. The summed E-state index contributed by atoms with van der Waals surface area (Å²) in [5.74, 6) is -0.684. The number of carboxylic acid groups (broad SMARTS) is 1. The van der Waals surface area contributed by atoms with Gasteiger partial charge in [-0.3, -0.25) is 9.69 Å². The average Bonchev–Trinajstić information content (AvgIpc) is 2.23. The van der Waals surface area contributed by atoms with E-state index in [1.165, 1.54) is 25.7 Å². The van der Waals surface area contributed by atoms with E-state index >= 15 is 0 Å². The number of nitrogens with zero attached hydrogens (tertiary/aromatic N) is 1. The van der Waals surface area contributed by atoms with Crippen LogP contribution in [0.1, 0.15) is 66.2 Å². The molecule has 0 rings (SSSR count). The lowest BCUT2D eigenvalue weighted by atomic mass is 10.0. The van der Waals surface area contributed by atoms with Crippen molar-refractivity contribution in [2.24, 2.45) is 0 Å². The maximum Gasteiger partial charge on any atom is 0.303 e. The largest absolute Gasteiger partial charge is 0.481 e. The zero-order chi connectivity index (χ0) is 13.3. The highest BCUT2D eigenvalue weighted by molar-refractivity contribution is 5.66. The number of carbonyl (C=O) groups is 1.